The topological polar surface area (TPSA) is 52.1 Å². The number of hydrogen-bond acceptors (Lipinski definition) is 4. The monoisotopic (exact) mass is 354 g/mol. The lowest BCUT2D eigenvalue weighted by Gasteiger charge is -2.16. The van der Waals surface area contributed by atoms with Gasteiger partial charge in [-0.1, -0.05) is 36.4 Å². The molecule has 4 aromatic rings. The first-order valence-corrected chi connectivity index (χ1v) is 8.67. The molecule has 27 heavy (non-hydrogen) atoms. The number of pyridine rings is 2. The standard InChI is InChI=1S/C23H18N2O2/c1-15-6-5-8-19-18(11-13-25-23(15)19)22-17(10-12-24-20(22)14-26)16-7-3-4-9-21(16)27-2/h3-14H,1-2H3. The minimum absolute atomic E-state index is 0.396. The van der Waals surface area contributed by atoms with E-state index in [0.717, 1.165) is 50.8 Å². The Morgan fingerprint density at radius 2 is 1.63 bits per heavy atom. The zero-order chi connectivity index (χ0) is 18.8. The van der Waals surface area contributed by atoms with Crippen molar-refractivity contribution in [3.05, 3.63) is 78.2 Å². The van der Waals surface area contributed by atoms with Crippen LogP contribution in [-0.4, -0.2) is 23.4 Å². The molecule has 0 aliphatic rings. The van der Waals surface area contributed by atoms with Crippen LogP contribution in [0.3, 0.4) is 0 Å². The van der Waals surface area contributed by atoms with Crippen molar-refractivity contribution < 1.29 is 9.53 Å². The highest BCUT2D eigenvalue weighted by Gasteiger charge is 2.18. The van der Waals surface area contributed by atoms with E-state index in [-0.39, 0.29) is 0 Å². The molecule has 0 fully saturated rings. The Labute approximate surface area is 157 Å². The summed E-state index contributed by atoms with van der Waals surface area (Å²) in [6, 6.07) is 17.7. The number of aldehydes is 1. The van der Waals surface area contributed by atoms with Crippen LogP contribution in [0.4, 0.5) is 0 Å². The van der Waals surface area contributed by atoms with E-state index in [4.69, 9.17) is 4.74 Å². The molecule has 0 saturated carbocycles. The molecule has 0 radical (unpaired) electrons. The number of rotatable bonds is 4. The van der Waals surface area contributed by atoms with Gasteiger partial charge < -0.3 is 4.74 Å². The fourth-order valence-electron chi connectivity index (χ4n) is 3.48. The summed E-state index contributed by atoms with van der Waals surface area (Å²) >= 11 is 0. The van der Waals surface area contributed by atoms with Gasteiger partial charge in [-0.2, -0.15) is 0 Å². The Balaban J connectivity index is 2.11. The Morgan fingerprint density at radius 1 is 0.852 bits per heavy atom. The molecule has 0 aliphatic heterocycles. The van der Waals surface area contributed by atoms with Gasteiger partial charge in [-0.3, -0.25) is 14.8 Å². The number of carbonyl (C=O) groups is 1. The molecule has 0 aliphatic carbocycles. The average molecular weight is 354 g/mol. The van der Waals surface area contributed by atoms with Crippen LogP contribution in [0, 0.1) is 6.92 Å². The molecule has 2 aromatic carbocycles. The van der Waals surface area contributed by atoms with E-state index in [1.165, 1.54) is 0 Å². The molecule has 0 atom stereocenters. The molecule has 0 unspecified atom stereocenters. The quantitative estimate of drug-likeness (QED) is 0.479. The van der Waals surface area contributed by atoms with Gasteiger partial charge in [0.25, 0.3) is 0 Å². The van der Waals surface area contributed by atoms with E-state index >= 15 is 0 Å². The van der Waals surface area contributed by atoms with Crippen molar-refractivity contribution >= 4 is 17.2 Å². The minimum atomic E-state index is 0.396. The number of methoxy groups -OCH3 is 1. The van der Waals surface area contributed by atoms with E-state index < -0.39 is 0 Å². The van der Waals surface area contributed by atoms with E-state index in [1.807, 2.05) is 61.5 Å². The van der Waals surface area contributed by atoms with Crippen molar-refractivity contribution in [2.24, 2.45) is 0 Å². The number of fused-ring (bicyclic) bond motifs is 1. The first kappa shape index (κ1) is 16.9. The first-order valence-electron chi connectivity index (χ1n) is 8.67. The smallest absolute Gasteiger partial charge is 0.169 e. The summed E-state index contributed by atoms with van der Waals surface area (Å²) in [5.74, 6) is 0.747. The number of para-hydroxylation sites is 2. The van der Waals surface area contributed by atoms with Crippen molar-refractivity contribution in [1.29, 1.82) is 0 Å². The molecule has 4 heteroatoms. The molecular formula is C23H18N2O2. The van der Waals surface area contributed by atoms with Gasteiger partial charge in [0.15, 0.2) is 6.29 Å². The largest absolute Gasteiger partial charge is 0.496 e. The van der Waals surface area contributed by atoms with Crippen molar-refractivity contribution in [1.82, 2.24) is 9.97 Å². The van der Waals surface area contributed by atoms with Crippen LogP contribution in [0.25, 0.3) is 33.2 Å². The fraction of sp³-hybridized carbons (Fsp3) is 0.0870. The number of aromatic nitrogens is 2. The van der Waals surface area contributed by atoms with Gasteiger partial charge in [0.05, 0.1) is 12.6 Å². The molecule has 0 bridgehead atoms. The summed E-state index contributed by atoms with van der Waals surface area (Å²) in [7, 11) is 1.64. The minimum Gasteiger partial charge on any atom is -0.496 e. The third kappa shape index (κ3) is 2.85. The first-order chi connectivity index (χ1) is 13.2. The molecule has 0 amide bonds. The van der Waals surface area contributed by atoms with Crippen molar-refractivity contribution in [2.75, 3.05) is 7.11 Å². The summed E-state index contributed by atoms with van der Waals surface area (Å²) in [6.45, 7) is 2.03. The van der Waals surface area contributed by atoms with Crippen LogP contribution in [0.5, 0.6) is 5.75 Å². The molecule has 0 spiro atoms. The van der Waals surface area contributed by atoms with Crippen LogP contribution in [-0.2, 0) is 0 Å². The van der Waals surface area contributed by atoms with Gasteiger partial charge in [0.2, 0.25) is 0 Å². The Bertz CT molecular complexity index is 1150. The molecule has 0 N–H and O–H groups in total. The SMILES string of the molecule is COc1ccccc1-c1ccnc(C=O)c1-c1ccnc2c(C)cccc12. The van der Waals surface area contributed by atoms with Crippen LogP contribution in [0.1, 0.15) is 16.1 Å². The zero-order valence-corrected chi connectivity index (χ0v) is 15.1. The number of aryl methyl sites for hydroxylation is 1. The lowest BCUT2D eigenvalue weighted by atomic mass is 9.91. The third-order valence-electron chi connectivity index (χ3n) is 4.73. The molecule has 2 aromatic heterocycles. The fourth-order valence-corrected chi connectivity index (χ4v) is 3.48. The predicted molar refractivity (Wildman–Crippen MR) is 107 cm³/mol. The van der Waals surface area contributed by atoms with Crippen molar-refractivity contribution in [3.63, 3.8) is 0 Å². The highest BCUT2D eigenvalue weighted by atomic mass is 16.5. The normalized spacial score (nSPS) is 10.7. The molecule has 132 valence electrons. The summed E-state index contributed by atoms with van der Waals surface area (Å²) < 4.78 is 5.55. The highest BCUT2D eigenvalue weighted by Crippen LogP contribution is 2.40. The van der Waals surface area contributed by atoms with Crippen LogP contribution < -0.4 is 4.74 Å². The van der Waals surface area contributed by atoms with Crippen molar-refractivity contribution in [3.8, 4) is 28.0 Å². The number of nitrogens with zero attached hydrogens (tertiary/aromatic N) is 2. The van der Waals surface area contributed by atoms with Crippen molar-refractivity contribution in [2.45, 2.75) is 6.92 Å². The average Bonchev–Trinajstić information content (AvgIpc) is 2.73. The van der Waals surface area contributed by atoms with E-state index in [0.29, 0.717) is 5.69 Å². The van der Waals surface area contributed by atoms with Gasteiger partial charge in [-0.25, -0.2) is 0 Å². The maximum atomic E-state index is 11.8. The Hall–Kier alpha value is -3.53. The second-order valence-electron chi connectivity index (χ2n) is 6.27. The van der Waals surface area contributed by atoms with Gasteiger partial charge >= 0.3 is 0 Å². The predicted octanol–water partition coefficient (Wildman–Crippen LogP) is 5.09. The maximum Gasteiger partial charge on any atom is 0.169 e. The Kier molecular flexibility index (Phi) is 4.38. The second kappa shape index (κ2) is 7.00. The molecule has 2 heterocycles. The zero-order valence-electron chi connectivity index (χ0n) is 15.1. The highest BCUT2D eigenvalue weighted by molar-refractivity contribution is 6.04. The van der Waals surface area contributed by atoms with Gasteiger partial charge in [0, 0.05) is 28.9 Å². The van der Waals surface area contributed by atoms with E-state index in [1.54, 1.807) is 19.5 Å². The van der Waals surface area contributed by atoms with E-state index in [2.05, 4.69) is 9.97 Å². The lowest BCUT2D eigenvalue weighted by molar-refractivity contribution is 0.111. The van der Waals surface area contributed by atoms with Gasteiger partial charge in [0.1, 0.15) is 11.4 Å². The van der Waals surface area contributed by atoms with Crippen LogP contribution in [0.2, 0.25) is 0 Å². The summed E-state index contributed by atoms with van der Waals surface area (Å²) in [4.78, 5) is 20.7. The number of hydrogen-bond donors (Lipinski definition) is 0. The second-order valence-corrected chi connectivity index (χ2v) is 6.27. The molecular weight excluding hydrogens is 336 g/mol. The summed E-state index contributed by atoms with van der Waals surface area (Å²) in [6.07, 6.45) is 4.23. The lowest BCUT2D eigenvalue weighted by Crippen LogP contribution is -1.98. The third-order valence-corrected chi connectivity index (χ3v) is 4.73. The van der Waals surface area contributed by atoms with Gasteiger partial charge in [-0.15, -0.1) is 0 Å². The molecule has 0 saturated heterocycles. The maximum absolute atomic E-state index is 11.8. The van der Waals surface area contributed by atoms with Crippen LogP contribution >= 0.6 is 0 Å². The van der Waals surface area contributed by atoms with Gasteiger partial charge in [-0.05, 0) is 41.8 Å². The Morgan fingerprint density at radius 3 is 2.44 bits per heavy atom. The van der Waals surface area contributed by atoms with E-state index in [9.17, 15) is 4.79 Å². The molecule has 4 rings (SSSR count). The molecule has 4 nitrogen and oxygen atoms in total. The van der Waals surface area contributed by atoms with Crippen LogP contribution in [0.15, 0.2) is 67.0 Å². The number of benzene rings is 2. The summed E-state index contributed by atoms with van der Waals surface area (Å²) in [5, 5.41) is 0.991. The number of ether oxygens (including phenoxy) is 1. The summed E-state index contributed by atoms with van der Waals surface area (Å²) in [5.41, 5.74) is 5.94. The number of carbonyl (C=O) groups excluding carboxylic acids is 1.